The van der Waals surface area contributed by atoms with Crippen LogP contribution >= 0.6 is 27.5 Å². The molecule has 142 valence electrons. The standard InChI is InChI=1S/C22H19BrClN3O/c1-22(2,3)12-4-6-16(24)18(10-12)27-20-14-8-9-25-21(28)19(14)15-11-13(23)5-7-17(15)26-20/h4-11H,1-3H3,(H,25,28)(H,26,27). The Morgan fingerprint density at radius 2 is 1.86 bits per heavy atom. The van der Waals surface area contributed by atoms with Crippen LogP contribution in [0.25, 0.3) is 21.7 Å². The fourth-order valence-electron chi connectivity index (χ4n) is 3.24. The van der Waals surface area contributed by atoms with Crippen LogP contribution in [0, 0.1) is 0 Å². The third-order valence-corrected chi connectivity index (χ3v) is 5.58. The number of nitrogens with zero attached hydrogens (tertiary/aromatic N) is 1. The number of anilines is 2. The summed E-state index contributed by atoms with van der Waals surface area (Å²) in [7, 11) is 0. The molecule has 4 nitrogen and oxygen atoms in total. The first-order valence-electron chi connectivity index (χ1n) is 8.92. The normalized spacial score (nSPS) is 11.9. The number of aromatic amines is 1. The first-order valence-corrected chi connectivity index (χ1v) is 10.1. The van der Waals surface area contributed by atoms with Crippen LogP contribution in [0.4, 0.5) is 11.5 Å². The van der Waals surface area contributed by atoms with E-state index in [9.17, 15) is 4.79 Å². The monoisotopic (exact) mass is 455 g/mol. The molecular formula is C22H19BrClN3O. The predicted molar refractivity (Wildman–Crippen MR) is 121 cm³/mol. The van der Waals surface area contributed by atoms with E-state index in [1.807, 2.05) is 42.5 Å². The van der Waals surface area contributed by atoms with Gasteiger partial charge in [0.2, 0.25) is 0 Å². The Morgan fingerprint density at radius 3 is 2.61 bits per heavy atom. The van der Waals surface area contributed by atoms with E-state index in [0.29, 0.717) is 16.2 Å². The number of halogens is 2. The molecule has 0 spiro atoms. The highest BCUT2D eigenvalue weighted by atomic mass is 79.9. The van der Waals surface area contributed by atoms with Crippen LogP contribution in [-0.2, 0) is 5.41 Å². The van der Waals surface area contributed by atoms with Gasteiger partial charge in [0.15, 0.2) is 0 Å². The van der Waals surface area contributed by atoms with Crippen LogP contribution in [0.15, 0.2) is 57.9 Å². The van der Waals surface area contributed by atoms with Gasteiger partial charge in [0.05, 0.1) is 21.6 Å². The van der Waals surface area contributed by atoms with Crippen molar-refractivity contribution in [3.05, 3.63) is 74.1 Å². The van der Waals surface area contributed by atoms with E-state index in [1.54, 1.807) is 6.20 Å². The van der Waals surface area contributed by atoms with Crippen molar-refractivity contribution in [2.45, 2.75) is 26.2 Å². The molecule has 6 heteroatoms. The zero-order chi connectivity index (χ0) is 20.1. The molecule has 0 aliphatic heterocycles. The number of pyridine rings is 2. The first kappa shape index (κ1) is 19.0. The minimum atomic E-state index is -0.152. The molecule has 0 amide bonds. The average molecular weight is 457 g/mol. The van der Waals surface area contributed by atoms with Crippen molar-refractivity contribution in [2.24, 2.45) is 0 Å². The maximum atomic E-state index is 12.6. The molecule has 0 atom stereocenters. The summed E-state index contributed by atoms with van der Waals surface area (Å²) in [4.78, 5) is 20.1. The quantitative estimate of drug-likeness (QED) is 0.337. The summed E-state index contributed by atoms with van der Waals surface area (Å²) in [6, 6.07) is 13.5. The van der Waals surface area contributed by atoms with Crippen molar-refractivity contribution >= 4 is 60.7 Å². The van der Waals surface area contributed by atoms with Crippen molar-refractivity contribution < 1.29 is 0 Å². The average Bonchev–Trinajstić information content (AvgIpc) is 2.63. The Balaban J connectivity index is 1.96. The number of rotatable bonds is 2. The summed E-state index contributed by atoms with van der Waals surface area (Å²) in [6.07, 6.45) is 1.63. The molecule has 0 bridgehead atoms. The molecule has 28 heavy (non-hydrogen) atoms. The van der Waals surface area contributed by atoms with Crippen molar-refractivity contribution in [2.75, 3.05) is 5.32 Å². The molecule has 0 aliphatic carbocycles. The van der Waals surface area contributed by atoms with Gasteiger partial charge in [-0.2, -0.15) is 0 Å². The molecule has 0 saturated heterocycles. The summed E-state index contributed by atoms with van der Waals surface area (Å²) in [5.74, 6) is 0.601. The van der Waals surface area contributed by atoms with Gasteiger partial charge in [0.1, 0.15) is 5.82 Å². The number of H-pyrrole nitrogens is 1. The Hall–Kier alpha value is -2.37. The number of aromatic nitrogens is 2. The molecule has 2 aromatic heterocycles. The first-order chi connectivity index (χ1) is 13.2. The van der Waals surface area contributed by atoms with E-state index in [-0.39, 0.29) is 11.0 Å². The van der Waals surface area contributed by atoms with Crippen LogP contribution in [0.2, 0.25) is 5.02 Å². The summed E-state index contributed by atoms with van der Waals surface area (Å²) >= 11 is 9.93. The minimum absolute atomic E-state index is 0.0106. The van der Waals surface area contributed by atoms with Crippen LogP contribution < -0.4 is 10.9 Å². The lowest BCUT2D eigenvalue weighted by atomic mass is 9.87. The Kier molecular flexibility index (Phi) is 4.68. The zero-order valence-corrected chi connectivity index (χ0v) is 18.1. The van der Waals surface area contributed by atoms with E-state index in [0.717, 1.165) is 32.0 Å². The third-order valence-electron chi connectivity index (χ3n) is 4.76. The third kappa shape index (κ3) is 3.40. The highest BCUT2D eigenvalue weighted by molar-refractivity contribution is 9.10. The second-order valence-corrected chi connectivity index (χ2v) is 9.11. The predicted octanol–water partition coefficient (Wildman–Crippen LogP) is 6.53. The van der Waals surface area contributed by atoms with Gasteiger partial charge in [0, 0.05) is 21.4 Å². The van der Waals surface area contributed by atoms with E-state index < -0.39 is 0 Å². The smallest absolute Gasteiger partial charge is 0.256 e. The van der Waals surface area contributed by atoms with Gasteiger partial charge >= 0.3 is 0 Å². The zero-order valence-electron chi connectivity index (χ0n) is 15.7. The number of benzene rings is 2. The lowest BCUT2D eigenvalue weighted by Crippen LogP contribution is -2.11. The Bertz CT molecular complexity index is 1270. The maximum Gasteiger partial charge on any atom is 0.256 e. The van der Waals surface area contributed by atoms with Crippen molar-refractivity contribution in [3.8, 4) is 0 Å². The van der Waals surface area contributed by atoms with E-state index in [1.165, 1.54) is 0 Å². The van der Waals surface area contributed by atoms with Crippen LogP contribution in [-0.4, -0.2) is 9.97 Å². The molecular weight excluding hydrogens is 438 g/mol. The molecule has 2 N–H and O–H groups in total. The van der Waals surface area contributed by atoms with Crippen molar-refractivity contribution in [1.29, 1.82) is 0 Å². The highest BCUT2D eigenvalue weighted by Crippen LogP contribution is 2.34. The van der Waals surface area contributed by atoms with E-state index >= 15 is 0 Å². The maximum absolute atomic E-state index is 12.6. The van der Waals surface area contributed by atoms with Crippen molar-refractivity contribution in [1.82, 2.24) is 9.97 Å². The summed E-state index contributed by atoms with van der Waals surface area (Å²) < 4.78 is 0.896. The topological polar surface area (TPSA) is 57.8 Å². The second kappa shape index (κ2) is 6.90. The fraction of sp³-hybridized carbons (Fsp3) is 0.182. The Labute approximate surface area is 176 Å². The molecule has 0 saturated carbocycles. The van der Waals surface area contributed by atoms with Gasteiger partial charge in [0.25, 0.3) is 5.56 Å². The number of hydrogen-bond acceptors (Lipinski definition) is 3. The van der Waals surface area contributed by atoms with Gasteiger partial charge in [-0.25, -0.2) is 4.98 Å². The molecule has 0 aliphatic rings. The summed E-state index contributed by atoms with van der Waals surface area (Å²) in [5.41, 5.74) is 2.49. The molecule has 0 fully saturated rings. The minimum Gasteiger partial charge on any atom is -0.338 e. The van der Waals surface area contributed by atoms with Gasteiger partial charge in [-0.05, 0) is 47.4 Å². The van der Waals surface area contributed by atoms with Gasteiger partial charge in [-0.3, -0.25) is 4.79 Å². The second-order valence-electron chi connectivity index (χ2n) is 7.79. The van der Waals surface area contributed by atoms with Crippen LogP contribution in [0.3, 0.4) is 0 Å². The van der Waals surface area contributed by atoms with E-state index in [2.05, 4.69) is 47.0 Å². The summed E-state index contributed by atoms with van der Waals surface area (Å²) in [5, 5.41) is 6.09. The van der Waals surface area contributed by atoms with Gasteiger partial charge in [-0.1, -0.05) is 54.4 Å². The van der Waals surface area contributed by atoms with Crippen LogP contribution in [0.1, 0.15) is 26.3 Å². The molecule has 4 aromatic rings. The van der Waals surface area contributed by atoms with E-state index in [4.69, 9.17) is 16.6 Å². The van der Waals surface area contributed by atoms with Gasteiger partial charge < -0.3 is 10.3 Å². The number of fused-ring (bicyclic) bond motifs is 3. The Morgan fingerprint density at radius 1 is 1.07 bits per heavy atom. The number of hydrogen-bond donors (Lipinski definition) is 2. The van der Waals surface area contributed by atoms with Gasteiger partial charge in [-0.15, -0.1) is 0 Å². The molecule has 0 unspecified atom stereocenters. The highest BCUT2D eigenvalue weighted by Gasteiger charge is 2.17. The molecule has 4 rings (SSSR count). The number of nitrogens with one attached hydrogen (secondary N) is 2. The molecule has 2 heterocycles. The lowest BCUT2D eigenvalue weighted by Gasteiger charge is -2.21. The van der Waals surface area contributed by atoms with Crippen molar-refractivity contribution in [3.63, 3.8) is 0 Å². The van der Waals surface area contributed by atoms with Crippen LogP contribution in [0.5, 0.6) is 0 Å². The largest absolute Gasteiger partial charge is 0.338 e. The summed E-state index contributed by atoms with van der Waals surface area (Å²) in [6.45, 7) is 6.46. The fourth-order valence-corrected chi connectivity index (χ4v) is 3.77. The lowest BCUT2D eigenvalue weighted by molar-refractivity contribution is 0.590. The SMILES string of the molecule is CC(C)(C)c1ccc(Cl)c(Nc2nc3ccc(Br)cc3c3c(=O)[nH]ccc23)c1. The molecule has 2 aromatic carbocycles. The molecule has 0 radical (unpaired) electrons.